The molecule has 1 aromatic carbocycles. The van der Waals surface area contributed by atoms with Gasteiger partial charge in [0.05, 0.1) is 4.47 Å². The number of rotatable bonds is 5. The van der Waals surface area contributed by atoms with Crippen molar-refractivity contribution in [1.82, 2.24) is 5.32 Å². The van der Waals surface area contributed by atoms with Crippen molar-refractivity contribution in [3.05, 3.63) is 22.2 Å². The predicted octanol–water partition coefficient (Wildman–Crippen LogP) is 2.67. The normalized spacial score (nSPS) is 13.8. The number of benzene rings is 1. The van der Waals surface area contributed by atoms with Crippen LogP contribution in [0.3, 0.4) is 0 Å². The average Bonchev–Trinajstić information content (AvgIpc) is 2.35. The molecule has 0 saturated heterocycles. The number of halogens is 1. The van der Waals surface area contributed by atoms with Crippen molar-refractivity contribution in [2.75, 3.05) is 31.8 Å². The summed E-state index contributed by atoms with van der Waals surface area (Å²) in [5.74, 6) is 2.79. The molecule has 0 spiro atoms. The van der Waals surface area contributed by atoms with E-state index < -0.39 is 0 Å². The Bertz CT molecular complexity index is 387. The Morgan fingerprint density at radius 3 is 3.00 bits per heavy atom. The Kier molecular flexibility index (Phi) is 5.00. The second-order valence-corrected chi connectivity index (χ2v) is 5.61. The van der Waals surface area contributed by atoms with Crippen molar-refractivity contribution < 1.29 is 9.47 Å². The molecule has 0 radical (unpaired) electrons. The molecule has 0 saturated carbocycles. The number of fused-ring (bicyclic) bond motifs is 1. The second kappa shape index (κ2) is 6.52. The number of hydrogen-bond donors (Lipinski definition) is 1. The molecule has 0 aliphatic carbocycles. The van der Waals surface area contributed by atoms with Gasteiger partial charge >= 0.3 is 0 Å². The third-order valence-electron chi connectivity index (χ3n) is 2.47. The van der Waals surface area contributed by atoms with E-state index in [2.05, 4.69) is 33.6 Å². The van der Waals surface area contributed by atoms with Crippen LogP contribution < -0.4 is 14.8 Å². The molecule has 94 valence electrons. The molecule has 5 heteroatoms. The van der Waals surface area contributed by atoms with E-state index in [1.807, 2.05) is 17.8 Å². The van der Waals surface area contributed by atoms with Gasteiger partial charge in [0.25, 0.3) is 0 Å². The molecule has 3 nitrogen and oxygen atoms in total. The molecule has 17 heavy (non-hydrogen) atoms. The summed E-state index contributed by atoms with van der Waals surface area (Å²) in [7, 11) is 0. The largest absolute Gasteiger partial charge is 0.486 e. The lowest BCUT2D eigenvalue weighted by Crippen LogP contribution is -2.18. The highest BCUT2D eigenvalue weighted by Gasteiger charge is 2.15. The third-order valence-corrected chi connectivity index (χ3v) is 3.67. The van der Waals surface area contributed by atoms with Crippen LogP contribution in [-0.2, 0) is 6.54 Å². The van der Waals surface area contributed by atoms with E-state index in [1.165, 1.54) is 5.56 Å². The second-order valence-electron chi connectivity index (χ2n) is 3.77. The van der Waals surface area contributed by atoms with Crippen LogP contribution in [0.25, 0.3) is 0 Å². The Hall–Kier alpha value is -0.390. The number of nitrogens with one attached hydrogen (secondary N) is 1. The van der Waals surface area contributed by atoms with Gasteiger partial charge in [-0.05, 0) is 39.9 Å². The van der Waals surface area contributed by atoms with E-state index in [1.54, 1.807) is 0 Å². The van der Waals surface area contributed by atoms with E-state index in [0.717, 1.165) is 34.8 Å². The van der Waals surface area contributed by atoms with E-state index in [4.69, 9.17) is 9.47 Å². The van der Waals surface area contributed by atoms with Crippen LogP contribution in [-0.4, -0.2) is 31.8 Å². The first-order valence-electron chi connectivity index (χ1n) is 5.59. The van der Waals surface area contributed by atoms with Gasteiger partial charge in [0.15, 0.2) is 11.5 Å². The summed E-state index contributed by atoms with van der Waals surface area (Å²) < 4.78 is 12.1. The number of hydrogen-bond acceptors (Lipinski definition) is 4. The molecule has 0 fully saturated rings. The van der Waals surface area contributed by atoms with Crippen LogP contribution in [0.1, 0.15) is 5.56 Å². The number of thioether (sulfide) groups is 1. The standard InChI is InChI=1S/C12H16BrNO2S/c1-17-5-2-14-8-9-6-10(13)12-11(7-9)15-3-4-16-12/h6-7,14H,2-5,8H2,1H3. The summed E-state index contributed by atoms with van der Waals surface area (Å²) in [5, 5.41) is 3.40. The molecular formula is C12H16BrNO2S. The minimum absolute atomic E-state index is 0.622. The van der Waals surface area contributed by atoms with E-state index in [0.29, 0.717) is 13.2 Å². The van der Waals surface area contributed by atoms with Gasteiger partial charge < -0.3 is 14.8 Å². The lowest BCUT2D eigenvalue weighted by Gasteiger charge is -2.20. The van der Waals surface area contributed by atoms with E-state index >= 15 is 0 Å². The minimum Gasteiger partial charge on any atom is -0.486 e. The maximum absolute atomic E-state index is 5.59. The predicted molar refractivity (Wildman–Crippen MR) is 75.2 cm³/mol. The average molecular weight is 318 g/mol. The summed E-state index contributed by atoms with van der Waals surface area (Å²) in [5.41, 5.74) is 1.21. The number of ether oxygens (including phenoxy) is 2. The molecule has 0 bridgehead atoms. The van der Waals surface area contributed by atoms with Gasteiger partial charge in [0.2, 0.25) is 0 Å². The highest BCUT2D eigenvalue weighted by molar-refractivity contribution is 9.10. The van der Waals surface area contributed by atoms with Crippen molar-refractivity contribution in [2.45, 2.75) is 6.54 Å². The van der Waals surface area contributed by atoms with Crippen LogP contribution in [0.4, 0.5) is 0 Å². The van der Waals surface area contributed by atoms with Crippen molar-refractivity contribution in [3.63, 3.8) is 0 Å². The zero-order valence-electron chi connectivity index (χ0n) is 9.79. The van der Waals surface area contributed by atoms with Gasteiger partial charge in [-0.2, -0.15) is 11.8 Å². The quantitative estimate of drug-likeness (QED) is 0.846. The highest BCUT2D eigenvalue weighted by Crippen LogP contribution is 2.38. The summed E-state index contributed by atoms with van der Waals surface area (Å²) >= 11 is 5.36. The minimum atomic E-state index is 0.622. The van der Waals surface area contributed by atoms with E-state index in [-0.39, 0.29) is 0 Å². The smallest absolute Gasteiger partial charge is 0.175 e. The summed E-state index contributed by atoms with van der Waals surface area (Å²) in [6.07, 6.45) is 2.11. The summed E-state index contributed by atoms with van der Waals surface area (Å²) in [6, 6.07) is 4.13. The van der Waals surface area contributed by atoms with Crippen LogP contribution in [0.15, 0.2) is 16.6 Å². The molecule has 0 atom stereocenters. The molecule has 1 aliphatic heterocycles. The van der Waals surface area contributed by atoms with Crippen LogP contribution in [0.2, 0.25) is 0 Å². The molecule has 1 heterocycles. The molecular weight excluding hydrogens is 302 g/mol. The first kappa shape index (κ1) is 13.1. The van der Waals surface area contributed by atoms with Crippen LogP contribution >= 0.6 is 27.7 Å². The highest BCUT2D eigenvalue weighted by atomic mass is 79.9. The van der Waals surface area contributed by atoms with Gasteiger partial charge in [-0.15, -0.1) is 0 Å². The maximum atomic E-state index is 5.59. The Labute approximate surface area is 114 Å². The fraction of sp³-hybridized carbons (Fsp3) is 0.500. The molecule has 0 unspecified atom stereocenters. The Morgan fingerprint density at radius 1 is 1.35 bits per heavy atom. The summed E-state index contributed by atoms with van der Waals surface area (Å²) in [4.78, 5) is 0. The first-order valence-corrected chi connectivity index (χ1v) is 7.77. The Balaban J connectivity index is 2.01. The lowest BCUT2D eigenvalue weighted by atomic mass is 10.2. The van der Waals surface area contributed by atoms with Crippen molar-refractivity contribution >= 4 is 27.7 Å². The zero-order chi connectivity index (χ0) is 12.1. The molecule has 1 aromatic rings. The van der Waals surface area contributed by atoms with Crippen LogP contribution in [0.5, 0.6) is 11.5 Å². The fourth-order valence-electron chi connectivity index (χ4n) is 1.67. The first-order chi connectivity index (χ1) is 8.31. The van der Waals surface area contributed by atoms with Gasteiger partial charge in [-0.1, -0.05) is 0 Å². The fourth-order valence-corrected chi connectivity index (χ4v) is 2.63. The van der Waals surface area contributed by atoms with Gasteiger partial charge in [0.1, 0.15) is 13.2 Å². The molecule has 0 aromatic heterocycles. The topological polar surface area (TPSA) is 30.5 Å². The lowest BCUT2D eigenvalue weighted by molar-refractivity contribution is 0.170. The molecule has 2 rings (SSSR count). The van der Waals surface area contributed by atoms with Gasteiger partial charge in [0, 0.05) is 18.8 Å². The SMILES string of the molecule is CSCCNCc1cc(Br)c2c(c1)OCCO2. The maximum Gasteiger partial charge on any atom is 0.175 e. The van der Waals surface area contributed by atoms with Gasteiger partial charge in [-0.3, -0.25) is 0 Å². The van der Waals surface area contributed by atoms with E-state index in [9.17, 15) is 0 Å². The zero-order valence-corrected chi connectivity index (χ0v) is 12.2. The van der Waals surface area contributed by atoms with Crippen molar-refractivity contribution in [1.29, 1.82) is 0 Å². The van der Waals surface area contributed by atoms with Crippen LogP contribution in [0, 0.1) is 0 Å². The molecule has 0 amide bonds. The van der Waals surface area contributed by atoms with Crippen molar-refractivity contribution in [2.24, 2.45) is 0 Å². The van der Waals surface area contributed by atoms with Crippen molar-refractivity contribution in [3.8, 4) is 11.5 Å². The molecule has 1 aliphatic rings. The van der Waals surface area contributed by atoms with Gasteiger partial charge in [-0.25, -0.2) is 0 Å². The third kappa shape index (κ3) is 3.53. The molecule has 1 N–H and O–H groups in total. The summed E-state index contributed by atoms with van der Waals surface area (Å²) in [6.45, 7) is 3.13. The monoisotopic (exact) mass is 317 g/mol. The Morgan fingerprint density at radius 2 is 2.18 bits per heavy atom.